The number of rotatable bonds is 7. The van der Waals surface area contributed by atoms with Gasteiger partial charge in [-0.1, -0.05) is 146 Å². The van der Waals surface area contributed by atoms with Crippen LogP contribution in [0.5, 0.6) is 0 Å². The van der Waals surface area contributed by atoms with Crippen LogP contribution in [0.1, 0.15) is 22.3 Å². The normalized spacial score (nSPS) is 10.6. The Hall–Kier alpha value is -5.14. The molecule has 0 radical (unpaired) electrons. The van der Waals surface area contributed by atoms with Crippen LogP contribution in [0.3, 0.4) is 0 Å². The highest BCUT2D eigenvalue weighted by molar-refractivity contribution is 6.07. The van der Waals surface area contributed by atoms with Gasteiger partial charge in [0.2, 0.25) is 0 Å². The van der Waals surface area contributed by atoms with E-state index >= 15 is 0 Å². The van der Waals surface area contributed by atoms with Gasteiger partial charge in [0, 0.05) is 16.9 Å². The van der Waals surface area contributed by atoms with Crippen molar-refractivity contribution in [2.24, 2.45) is 0 Å². The third-order valence-electron chi connectivity index (χ3n) is 6.88. The minimum Gasteiger partial charge on any atom is -0.310 e. The first kappa shape index (κ1) is 24.2. The fourth-order valence-electron chi connectivity index (χ4n) is 5.17. The van der Waals surface area contributed by atoms with Crippen LogP contribution in [-0.2, 0) is 0 Å². The summed E-state index contributed by atoms with van der Waals surface area (Å²) < 4.78 is 0. The fraction of sp³-hybridized carbons (Fsp3) is 0. The summed E-state index contributed by atoms with van der Waals surface area (Å²) in [6.45, 7) is 0. The molecule has 0 spiro atoms. The number of nitrogens with zero attached hydrogens (tertiary/aromatic N) is 1. The van der Waals surface area contributed by atoms with Crippen molar-refractivity contribution in [3.05, 3.63) is 198 Å². The smallest absolute Gasteiger partial charge is 0.0540 e. The molecule has 0 saturated carbocycles. The van der Waals surface area contributed by atoms with Crippen molar-refractivity contribution >= 4 is 28.2 Å². The number of benzene rings is 6. The highest BCUT2D eigenvalue weighted by Gasteiger charge is 2.22. The molecular weight excluding hydrogens is 470 g/mol. The number of hydrogen-bond acceptors (Lipinski definition) is 1. The van der Waals surface area contributed by atoms with E-state index in [4.69, 9.17) is 0 Å². The Bertz CT molecular complexity index is 1580. The Labute approximate surface area is 231 Å². The highest BCUT2D eigenvalue weighted by atomic mass is 15.1. The summed E-state index contributed by atoms with van der Waals surface area (Å²) in [6, 6.07) is 62.2. The number of para-hydroxylation sites is 3. The molecule has 0 saturated heterocycles. The maximum Gasteiger partial charge on any atom is 0.0540 e. The van der Waals surface area contributed by atoms with Crippen LogP contribution < -0.4 is 4.90 Å². The first-order valence-corrected chi connectivity index (χ1v) is 13.3. The quantitative estimate of drug-likeness (QED) is 0.198. The zero-order valence-electron chi connectivity index (χ0n) is 21.7. The second-order valence-corrected chi connectivity index (χ2v) is 9.37. The summed E-state index contributed by atoms with van der Waals surface area (Å²) in [7, 11) is 0. The second kappa shape index (κ2) is 11.5. The Morgan fingerprint density at radius 1 is 0.308 bits per heavy atom. The number of hydrogen-bond donors (Lipinski definition) is 0. The van der Waals surface area contributed by atoms with Gasteiger partial charge in [-0.25, -0.2) is 0 Å². The monoisotopic (exact) mass is 499 g/mol. The van der Waals surface area contributed by atoms with E-state index in [-0.39, 0.29) is 0 Å². The molecule has 186 valence electrons. The summed E-state index contributed by atoms with van der Waals surface area (Å²) in [5, 5.41) is 0. The molecule has 1 heteroatoms. The Balaban J connectivity index is 1.71. The van der Waals surface area contributed by atoms with Crippen LogP contribution in [-0.4, -0.2) is 0 Å². The summed E-state index contributed by atoms with van der Waals surface area (Å²) in [6.07, 6.45) is 0. The van der Waals surface area contributed by atoms with Crippen LogP contribution >= 0.6 is 0 Å². The lowest BCUT2D eigenvalue weighted by Crippen LogP contribution is -2.12. The third-order valence-corrected chi connectivity index (χ3v) is 6.88. The van der Waals surface area contributed by atoms with E-state index in [9.17, 15) is 0 Å². The Morgan fingerprint density at radius 3 is 1.08 bits per heavy atom. The maximum absolute atomic E-state index is 2.35. The Kier molecular flexibility index (Phi) is 7.14. The standard InChI is InChI=1S/C38H29N/c1-6-18-30(19-7-1)37(31-20-8-2-9-21-31)38(32-22-10-3-11-23-32)35-28-16-17-29-36(35)39(33-24-12-4-13-25-33)34-26-14-5-15-27-34/h1-29H. The molecule has 0 aliphatic heterocycles. The van der Waals surface area contributed by atoms with Gasteiger partial charge in [-0.2, -0.15) is 0 Å². The minimum absolute atomic E-state index is 1.12. The van der Waals surface area contributed by atoms with Crippen LogP contribution in [0.2, 0.25) is 0 Å². The summed E-state index contributed by atoms with van der Waals surface area (Å²) in [4.78, 5) is 2.35. The van der Waals surface area contributed by atoms with Crippen LogP contribution in [0, 0.1) is 0 Å². The molecule has 0 atom stereocenters. The first-order chi connectivity index (χ1) is 19.4. The lowest BCUT2D eigenvalue weighted by molar-refractivity contribution is 1.27. The molecule has 6 aromatic rings. The molecule has 6 rings (SSSR count). The molecule has 0 fully saturated rings. The van der Waals surface area contributed by atoms with Crippen molar-refractivity contribution in [2.75, 3.05) is 4.90 Å². The largest absolute Gasteiger partial charge is 0.310 e. The number of anilines is 3. The maximum atomic E-state index is 2.35. The SMILES string of the molecule is c1ccc(C(=C(c2ccccc2)c2ccccc2N(c2ccccc2)c2ccccc2)c2ccccc2)cc1. The lowest BCUT2D eigenvalue weighted by atomic mass is 9.85. The van der Waals surface area contributed by atoms with Gasteiger partial charge in [0.1, 0.15) is 0 Å². The van der Waals surface area contributed by atoms with Gasteiger partial charge in [-0.3, -0.25) is 0 Å². The van der Waals surface area contributed by atoms with Crippen molar-refractivity contribution in [2.45, 2.75) is 0 Å². The molecule has 0 aliphatic carbocycles. The molecule has 0 heterocycles. The average molecular weight is 500 g/mol. The molecule has 0 aromatic heterocycles. The van der Waals surface area contributed by atoms with Crippen LogP contribution in [0.15, 0.2) is 176 Å². The van der Waals surface area contributed by atoms with Gasteiger partial charge >= 0.3 is 0 Å². The molecule has 0 amide bonds. The Morgan fingerprint density at radius 2 is 0.641 bits per heavy atom. The first-order valence-electron chi connectivity index (χ1n) is 13.3. The third kappa shape index (κ3) is 5.16. The highest BCUT2D eigenvalue weighted by Crippen LogP contribution is 2.44. The molecule has 0 aliphatic rings. The van der Waals surface area contributed by atoms with Gasteiger partial charge in [0.15, 0.2) is 0 Å². The van der Waals surface area contributed by atoms with E-state index in [2.05, 4.69) is 181 Å². The van der Waals surface area contributed by atoms with Crippen LogP contribution in [0.25, 0.3) is 11.1 Å². The van der Waals surface area contributed by atoms with Gasteiger partial charge in [0.25, 0.3) is 0 Å². The van der Waals surface area contributed by atoms with E-state index in [0.717, 1.165) is 17.1 Å². The molecule has 0 unspecified atom stereocenters. The van der Waals surface area contributed by atoms with Crippen LogP contribution in [0.4, 0.5) is 17.1 Å². The van der Waals surface area contributed by atoms with E-state index in [1.165, 1.54) is 33.4 Å². The predicted molar refractivity (Wildman–Crippen MR) is 165 cm³/mol. The van der Waals surface area contributed by atoms with Crippen molar-refractivity contribution in [3.8, 4) is 0 Å². The molecule has 0 bridgehead atoms. The molecule has 0 N–H and O–H groups in total. The van der Waals surface area contributed by atoms with Crippen molar-refractivity contribution in [1.29, 1.82) is 0 Å². The van der Waals surface area contributed by atoms with Crippen molar-refractivity contribution < 1.29 is 0 Å². The van der Waals surface area contributed by atoms with Gasteiger partial charge < -0.3 is 4.90 Å². The van der Waals surface area contributed by atoms with Gasteiger partial charge in [-0.05, 0) is 58.2 Å². The predicted octanol–water partition coefficient (Wildman–Crippen LogP) is 10.2. The molecule has 39 heavy (non-hydrogen) atoms. The molecule has 6 aromatic carbocycles. The van der Waals surface area contributed by atoms with E-state index in [1.807, 2.05) is 0 Å². The second-order valence-electron chi connectivity index (χ2n) is 9.37. The fourth-order valence-corrected chi connectivity index (χ4v) is 5.17. The topological polar surface area (TPSA) is 3.24 Å². The zero-order chi connectivity index (χ0) is 26.3. The van der Waals surface area contributed by atoms with Gasteiger partial charge in [-0.15, -0.1) is 0 Å². The van der Waals surface area contributed by atoms with E-state index in [1.54, 1.807) is 0 Å². The van der Waals surface area contributed by atoms with E-state index in [0.29, 0.717) is 0 Å². The summed E-state index contributed by atoms with van der Waals surface area (Å²) in [5.41, 5.74) is 10.5. The average Bonchev–Trinajstić information content (AvgIpc) is 3.03. The summed E-state index contributed by atoms with van der Waals surface area (Å²) >= 11 is 0. The van der Waals surface area contributed by atoms with Gasteiger partial charge in [0.05, 0.1) is 5.69 Å². The lowest BCUT2D eigenvalue weighted by Gasteiger charge is -2.29. The zero-order valence-corrected chi connectivity index (χ0v) is 21.7. The van der Waals surface area contributed by atoms with Crippen molar-refractivity contribution in [3.63, 3.8) is 0 Å². The minimum atomic E-state index is 1.12. The van der Waals surface area contributed by atoms with E-state index < -0.39 is 0 Å². The van der Waals surface area contributed by atoms with Crippen molar-refractivity contribution in [1.82, 2.24) is 0 Å². The molecular formula is C38H29N. The molecule has 1 nitrogen and oxygen atoms in total. The summed E-state index contributed by atoms with van der Waals surface area (Å²) in [5.74, 6) is 0.